The highest BCUT2D eigenvalue weighted by Gasteiger charge is 2.16. The zero-order valence-corrected chi connectivity index (χ0v) is 15.6. The van der Waals surface area contributed by atoms with Gasteiger partial charge in [-0.1, -0.05) is 23.7 Å². The first-order valence-electron chi connectivity index (χ1n) is 7.46. The van der Waals surface area contributed by atoms with Crippen LogP contribution in [0.5, 0.6) is 0 Å². The second-order valence-electron chi connectivity index (χ2n) is 5.60. The van der Waals surface area contributed by atoms with Crippen molar-refractivity contribution in [2.75, 3.05) is 23.4 Å². The lowest BCUT2D eigenvalue weighted by molar-refractivity contribution is -0.114. The van der Waals surface area contributed by atoms with Crippen molar-refractivity contribution in [2.24, 2.45) is 0 Å². The van der Waals surface area contributed by atoms with Crippen LogP contribution in [0.25, 0.3) is 0 Å². The van der Waals surface area contributed by atoms with Crippen LogP contribution in [0.15, 0.2) is 41.3 Å². The molecule has 0 bridgehead atoms. The zero-order valence-electron chi connectivity index (χ0n) is 14.0. The van der Waals surface area contributed by atoms with Crippen LogP contribution in [0.1, 0.15) is 15.9 Å². The zero-order chi connectivity index (χ0) is 19.5. The van der Waals surface area contributed by atoms with E-state index in [1.54, 1.807) is 19.1 Å². The van der Waals surface area contributed by atoms with Crippen molar-refractivity contribution in [2.45, 2.75) is 11.8 Å². The number of halogens is 1. The van der Waals surface area contributed by atoms with Crippen molar-refractivity contribution < 1.29 is 23.1 Å². The van der Waals surface area contributed by atoms with Gasteiger partial charge in [0.05, 0.1) is 22.7 Å². The van der Waals surface area contributed by atoms with E-state index in [2.05, 4.69) is 10.6 Å². The molecule has 138 valence electrons. The van der Waals surface area contributed by atoms with Gasteiger partial charge in [-0.2, -0.15) is 0 Å². The average Bonchev–Trinajstić information content (AvgIpc) is 2.54. The van der Waals surface area contributed by atoms with Crippen molar-refractivity contribution >= 4 is 44.7 Å². The fourth-order valence-corrected chi connectivity index (χ4v) is 3.66. The van der Waals surface area contributed by atoms with E-state index in [0.717, 1.165) is 6.26 Å². The minimum absolute atomic E-state index is 0.0286. The van der Waals surface area contributed by atoms with Crippen LogP contribution in [0.3, 0.4) is 0 Å². The van der Waals surface area contributed by atoms with Gasteiger partial charge in [0.25, 0.3) is 0 Å². The molecule has 26 heavy (non-hydrogen) atoms. The molecule has 2 aromatic rings. The van der Waals surface area contributed by atoms with Crippen LogP contribution in [0, 0.1) is 6.92 Å². The van der Waals surface area contributed by atoms with Gasteiger partial charge < -0.3 is 15.7 Å². The van der Waals surface area contributed by atoms with Crippen LogP contribution < -0.4 is 10.6 Å². The van der Waals surface area contributed by atoms with E-state index in [0.29, 0.717) is 11.3 Å². The number of carbonyl (C=O) groups is 2. The number of hydrogen-bond donors (Lipinski definition) is 3. The number of hydrogen-bond acceptors (Lipinski definition) is 5. The third-order valence-corrected chi connectivity index (χ3v) is 5.04. The third kappa shape index (κ3) is 4.74. The monoisotopic (exact) mass is 396 g/mol. The molecular formula is C17H17ClN2O5S. The van der Waals surface area contributed by atoms with E-state index in [-0.39, 0.29) is 27.7 Å². The van der Waals surface area contributed by atoms with Gasteiger partial charge in [0.2, 0.25) is 5.91 Å². The number of benzene rings is 2. The largest absolute Gasteiger partial charge is 0.478 e. The number of nitrogens with one attached hydrogen (secondary N) is 2. The Morgan fingerprint density at radius 1 is 1.15 bits per heavy atom. The predicted octanol–water partition coefficient (Wildman–Crippen LogP) is 2.80. The Kier molecular flexibility index (Phi) is 5.89. The first-order valence-corrected chi connectivity index (χ1v) is 9.73. The molecule has 0 saturated heterocycles. The van der Waals surface area contributed by atoms with Gasteiger partial charge in [0.15, 0.2) is 9.84 Å². The molecule has 0 radical (unpaired) electrons. The summed E-state index contributed by atoms with van der Waals surface area (Å²) in [6.45, 7) is 1.41. The van der Waals surface area contributed by atoms with Gasteiger partial charge in [-0.15, -0.1) is 0 Å². The second kappa shape index (κ2) is 7.76. The van der Waals surface area contributed by atoms with Gasteiger partial charge in [-0.3, -0.25) is 4.79 Å². The Hall–Kier alpha value is -2.58. The summed E-state index contributed by atoms with van der Waals surface area (Å²) >= 11 is 5.96. The molecule has 2 rings (SSSR count). The van der Waals surface area contributed by atoms with Crippen molar-refractivity contribution in [3.05, 3.63) is 52.5 Å². The number of carboxylic acids is 1. The number of aromatic carboxylic acids is 1. The molecule has 0 saturated carbocycles. The summed E-state index contributed by atoms with van der Waals surface area (Å²) in [6.07, 6.45) is 1.07. The Bertz CT molecular complexity index is 973. The Balaban J connectivity index is 2.16. The minimum Gasteiger partial charge on any atom is -0.478 e. The van der Waals surface area contributed by atoms with Crippen molar-refractivity contribution in [3.8, 4) is 0 Å². The third-order valence-electron chi connectivity index (χ3n) is 3.60. The summed E-state index contributed by atoms with van der Waals surface area (Å²) in [4.78, 5) is 23.4. The molecule has 0 unspecified atom stereocenters. The fraction of sp³-hybridized carbons (Fsp3) is 0.176. The molecule has 0 aliphatic heterocycles. The highest BCUT2D eigenvalue weighted by Crippen LogP contribution is 2.28. The van der Waals surface area contributed by atoms with Crippen molar-refractivity contribution in [1.29, 1.82) is 0 Å². The normalized spacial score (nSPS) is 11.0. The Morgan fingerprint density at radius 3 is 2.42 bits per heavy atom. The lowest BCUT2D eigenvalue weighted by atomic mass is 10.2. The highest BCUT2D eigenvalue weighted by atomic mass is 35.5. The van der Waals surface area contributed by atoms with Crippen LogP contribution in [-0.4, -0.2) is 38.2 Å². The predicted molar refractivity (Wildman–Crippen MR) is 99.8 cm³/mol. The molecule has 0 spiro atoms. The fourth-order valence-electron chi connectivity index (χ4n) is 2.37. The van der Waals surface area contributed by atoms with E-state index in [1.165, 1.54) is 24.3 Å². The van der Waals surface area contributed by atoms with E-state index < -0.39 is 21.7 Å². The van der Waals surface area contributed by atoms with Gasteiger partial charge in [-0.25, -0.2) is 13.2 Å². The van der Waals surface area contributed by atoms with Gasteiger partial charge in [-0.05, 0) is 36.8 Å². The molecule has 0 aliphatic carbocycles. The number of sulfone groups is 1. The van der Waals surface area contributed by atoms with Crippen LogP contribution >= 0.6 is 11.6 Å². The topological polar surface area (TPSA) is 113 Å². The van der Waals surface area contributed by atoms with Gasteiger partial charge in [0.1, 0.15) is 0 Å². The molecular weight excluding hydrogens is 380 g/mol. The molecule has 9 heteroatoms. The number of carboxylic acid groups (broad SMARTS) is 1. The molecule has 3 N–H and O–H groups in total. The molecule has 0 aliphatic rings. The maximum absolute atomic E-state index is 12.1. The molecule has 7 nitrogen and oxygen atoms in total. The molecule has 0 atom stereocenters. The van der Waals surface area contributed by atoms with Crippen LogP contribution in [0.2, 0.25) is 5.02 Å². The summed E-state index contributed by atoms with van der Waals surface area (Å²) in [5.41, 5.74) is 0.987. The van der Waals surface area contributed by atoms with Gasteiger partial charge >= 0.3 is 5.97 Å². The summed E-state index contributed by atoms with van der Waals surface area (Å²) in [5.74, 6) is -1.64. The standard InChI is InChI=1S/C17H17ClN2O5S/c1-10-14(7-11(18)8-15(10)26(2,24)25)19-9-16(21)20-13-6-4-3-5-12(13)17(22)23/h3-8,19H,9H2,1-2H3,(H,20,21)(H,22,23). The minimum atomic E-state index is -3.47. The quantitative estimate of drug-likeness (QED) is 0.692. The smallest absolute Gasteiger partial charge is 0.337 e. The maximum atomic E-state index is 12.1. The summed E-state index contributed by atoms with van der Waals surface area (Å²) in [6, 6.07) is 8.89. The number of amides is 1. The maximum Gasteiger partial charge on any atom is 0.337 e. The van der Waals surface area contributed by atoms with Gasteiger partial charge in [0, 0.05) is 17.0 Å². The molecule has 0 fully saturated rings. The van der Waals surface area contributed by atoms with E-state index in [4.69, 9.17) is 16.7 Å². The van der Waals surface area contributed by atoms with Crippen LogP contribution in [0.4, 0.5) is 11.4 Å². The first kappa shape index (κ1) is 19.7. The van der Waals surface area contributed by atoms with E-state index in [9.17, 15) is 18.0 Å². The highest BCUT2D eigenvalue weighted by molar-refractivity contribution is 7.90. The van der Waals surface area contributed by atoms with Crippen LogP contribution in [-0.2, 0) is 14.6 Å². The lowest BCUT2D eigenvalue weighted by Crippen LogP contribution is -2.23. The van der Waals surface area contributed by atoms with Crippen molar-refractivity contribution in [1.82, 2.24) is 0 Å². The first-order chi connectivity index (χ1) is 12.1. The summed E-state index contributed by atoms with van der Waals surface area (Å²) in [5, 5.41) is 14.7. The number of rotatable bonds is 6. The van der Waals surface area contributed by atoms with E-state index >= 15 is 0 Å². The molecule has 0 heterocycles. The average molecular weight is 397 g/mol. The molecule has 2 aromatic carbocycles. The summed E-state index contributed by atoms with van der Waals surface area (Å²) in [7, 11) is -3.47. The summed E-state index contributed by atoms with van der Waals surface area (Å²) < 4.78 is 23.6. The van der Waals surface area contributed by atoms with Crippen molar-refractivity contribution in [3.63, 3.8) is 0 Å². The SMILES string of the molecule is Cc1c(NCC(=O)Nc2ccccc2C(=O)O)cc(Cl)cc1S(C)(=O)=O. The molecule has 0 aromatic heterocycles. The lowest BCUT2D eigenvalue weighted by Gasteiger charge is -2.14. The Morgan fingerprint density at radius 2 is 1.81 bits per heavy atom. The Labute approximate surface area is 155 Å². The number of para-hydroxylation sites is 1. The number of anilines is 2. The molecule has 1 amide bonds. The van der Waals surface area contributed by atoms with E-state index in [1.807, 2.05) is 0 Å². The number of carbonyl (C=O) groups excluding carboxylic acids is 1. The second-order valence-corrected chi connectivity index (χ2v) is 8.02.